The van der Waals surface area contributed by atoms with Gasteiger partial charge >= 0.3 is 11.9 Å². The van der Waals surface area contributed by atoms with Crippen molar-refractivity contribution in [3.05, 3.63) is 34.4 Å². The van der Waals surface area contributed by atoms with Crippen molar-refractivity contribution < 1.29 is 19.4 Å². The van der Waals surface area contributed by atoms with Crippen molar-refractivity contribution in [3.63, 3.8) is 0 Å². The van der Waals surface area contributed by atoms with Crippen LogP contribution in [-0.2, 0) is 4.74 Å². The lowest BCUT2D eigenvalue weighted by molar-refractivity contribution is 0.0598. The van der Waals surface area contributed by atoms with E-state index in [2.05, 4.69) is 0 Å². The monoisotopic (exact) mass is 308 g/mol. The number of hydrogen-bond donors (Lipinski definition) is 1. The number of methoxy groups -OCH3 is 1. The quantitative estimate of drug-likeness (QED) is 0.815. The fourth-order valence-corrected chi connectivity index (χ4v) is 2.30. The van der Waals surface area contributed by atoms with Gasteiger partial charge in [-0.3, -0.25) is 0 Å². The van der Waals surface area contributed by atoms with Gasteiger partial charge < -0.3 is 9.84 Å². The number of carbonyl (C=O) groups is 2. The second-order valence-corrected chi connectivity index (χ2v) is 4.68. The van der Waals surface area contributed by atoms with Gasteiger partial charge in [-0.2, -0.15) is 0 Å². The van der Waals surface area contributed by atoms with Crippen molar-refractivity contribution in [3.8, 4) is 0 Å². The maximum Gasteiger partial charge on any atom is 0.338 e. The molecule has 0 atom stereocenters. The minimum atomic E-state index is -1.02. The van der Waals surface area contributed by atoms with Crippen LogP contribution in [0.25, 0.3) is 0 Å². The molecular weight excluding hydrogens is 280 g/mol. The van der Waals surface area contributed by atoms with Crippen molar-refractivity contribution in [1.29, 1.82) is 0 Å². The molecule has 0 spiro atoms. The molecule has 1 N–H and O–H groups in total. The fraction of sp³-hybridized carbons (Fsp3) is 0.556. The van der Waals surface area contributed by atoms with E-state index in [-0.39, 0.29) is 5.56 Å². The summed E-state index contributed by atoms with van der Waals surface area (Å²) in [4.78, 5) is 22.8. The summed E-state index contributed by atoms with van der Waals surface area (Å²) in [5.74, 6) is -1.11. The Kier molecular flexibility index (Phi) is 9.15. The number of aryl methyl sites for hydroxylation is 1. The maximum atomic E-state index is 11.7. The lowest BCUT2D eigenvalue weighted by Crippen LogP contribution is -2.16. The third-order valence-corrected chi connectivity index (χ3v) is 3.58. The van der Waals surface area contributed by atoms with Crippen LogP contribution in [0.1, 0.15) is 84.7 Å². The molecule has 0 radical (unpaired) electrons. The van der Waals surface area contributed by atoms with Crippen LogP contribution < -0.4 is 0 Å². The van der Waals surface area contributed by atoms with E-state index in [1.165, 1.54) is 13.2 Å². The summed E-state index contributed by atoms with van der Waals surface area (Å²) in [5.41, 5.74) is 2.18. The number of hydrogen-bond acceptors (Lipinski definition) is 3. The van der Waals surface area contributed by atoms with Crippen LogP contribution in [-0.4, -0.2) is 24.2 Å². The third kappa shape index (κ3) is 4.58. The second-order valence-electron chi connectivity index (χ2n) is 4.68. The van der Waals surface area contributed by atoms with Crippen molar-refractivity contribution in [2.45, 2.75) is 59.8 Å². The number of carboxylic acid groups (broad SMARTS) is 1. The van der Waals surface area contributed by atoms with Gasteiger partial charge in [0.1, 0.15) is 0 Å². The summed E-state index contributed by atoms with van der Waals surface area (Å²) in [6.07, 6.45) is 3.26. The molecule has 0 amide bonds. The van der Waals surface area contributed by atoms with Crippen LogP contribution >= 0.6 is 0 Å². The summed E-state index contributed by atoms with van der Waals surface area (Å²) in [6, 6.07) is 3.26. The first kappa shape index (κ1) is 20.2. The molecule has 0 unspecified atom stereocenters. The van der Waals surface area contributed by atoms with E-state index in [0.717, 1.165) is 24.8 Å². The van der Waals surface area contributed by atoms with Crippen LogP contribution in [0.15, 0.2) is 12.1 Å². The summed E-state index contributed by atoms with van der Waals surface area (Å²) in [5, 5.41) is 9.09. The molecule has 0 bridgehead atoms. The normalized spacial score (nSPS) is 12.8. The Labute approximate surface area is 133 Å². The lowest BCUT2D eigenvalue weighted by Gasteiger charge is -2.28. The standard InChI is InChI=1S/C14H16O4.2C2H6/c1-8-6-11(9-4-3-5-9)12(14(17)18-2)7-10(8)13(15)16;2*1-2/h6-7,9H,3-5H2,1-2H3,(H,15,16);2*1-2H3. The van der Waals surface area contributed by atoms with E-state index >= 15 is 0 Å². The zero-order chi connectivity index (χ0) is 17.3. The van der Waals surface area contributed by atoms with E-state index in [1.54, 1.807) is 6.92 Å². The van der Waals surface area contributed by atoms with Gasteiger partial charge in [0.05, 0.1) is 18.2 Å². The zero-order valence-electron chi connectivity index (χ0n) is 14.5. The number of esters is 1. The fourth-order valence-electron chi connectivity index (χ4n) is 2.30. The van der Waals surface area contributed by atoms with Gasteiger partial charge in [-0.05, 0) is 42.9 Å². The van der Waals surface area contributed by atoms with Crippen molar-refractivity contribution >= 4 is 11.9 Å². The smallest absolute Gasteiger partial charge is 0.338 e. The Morgan fingerprint density at radius 3 is 2.00 bits per heavy atom. The van der Waals surface area contributed by atoms with E-state index in [1.807, 2.05) is 33.8 Å². The van der Waals surface area contributed by atoms with Crippen molar-refractivity contribution in [2.75, 3.05) is 7.11 Å². The van der Waals surface area contributed by atoms with Gasteiger partial charge in [0.25, 0.3) is 0 Å². The molecule has 1 aliphatic rings. The van der Waals surface area contributed by atoms with Crippen LogP contribution in [0.3, 0.4) is 0 Å². The first-order chi connectivity index (χ1) is 10.5. The number of benzene rings is 1. The summed E-state index contributed by atoms with van der Waals surface area (Å²) in [6.45, 7) is 9.76. The molecule has 4 nitrogen and oxygen atoms in total. The van der Waals surface area contributed by atoms with Crippen molar-refractivity contribution in [1.82, 2.24) is 0 Å². The average Bonchev–Trinajstić information content (AvgIpc) is 2.48. The van der Waals surface area contributed by atoms with Gasteiger partial charge in [0.2, 0.25) is 0 Å². The van der Waals surface area contributed by atoms with Gasteiger partial charge in [0.15, 0.2) is 0 Å². The Morgan fingerprint density at radius 2 is 1.64 bits per heavy atom. The summed E-state index contributed by atoms with van der Waals surface area (Å²) in [7, 11) is 1.31. The number of carbonyl (C=O) groups excluding carboxylic acids is 1. The minimum absolute atomic E-state index is 0.165. The predicted octanol–water partition coefficient (Wildman–Crippen LogP) is 4.80. The molecule has 1 aliphatic carbocycles. The SMILES string of the molecule is CC.CC.COC(=O)c1cc(C(=O)O)c(C)cc1C1CCC1. The minimum Gasteiger partial charge on any atom is -0.478 e. The molecule has 0 aliphatic heterocycles. The summed E-state index contributed by atoms with van der Waals surface area (Å²) < 4.78 is 4.74. The number of ether oxygens (including phenoxy) is 1. The molecular formula is C18H28O4. The number of aromatic carboxylic acids is 1. The molecule has 1 aromatic carbocycles. The first-order valence-corrected chi connectivity index (χ1v) is 8.00. The Bertz CT molecular complexity index is 502. The summed E-state index contributed by atoms with van der Waals surface area (Å²) >= 11 is 0. The highest BCUT2D eigenvalue weighted by atomic mass is 16.5. The van der Waals surface area contributed by atoms with Gasteiger partial charge in [-0.25, -0.2) is 9.59 Å². The Hall–Kier alpha value is -1.84. The van der Waals surface area contributed by atoms with Crippen LogP contribution in [0.5, 0.6) is 0 Å². The average molecular weight is 308 g/mol. The van der Waals surface area contributed by atoms with Gasteiger partial charge in [0, 0.05) is 0 Å². The molecule has 0 saturated heterocycles. The highest BCUT2D eigenvalue weighted by Gasteiger charge is 2.26. The van der Waals surface area contributed by atoms with Crippen LogP contribution in [0.2, 0.25) is 0 Å². The molecule has 1 fully saturated rings. The second kappa shape index (κ2) is 9.98. The maximum absolute atomic E-state index is 11.7. The first-order valence-electron chi connectivity index (χ1n) is 8.00. The highest BCUT2D eigenvalue weighted by Crippen LogP contribution is 2.39. The molecule has 2 rings (SSSR count). The van der Waals surface area contributed by atoms with E-state index in [0.29, 0.717) is 17.0 Å². The predicted molar refractivity (Wildman–Crippen MR) is 88.8 cm³/mol. The molecule has 0 heterocycles. The molecule has 124 valence electrons. The van der Waals surface area contributed by atoms with Gasteiger partial charge in [-0.1, -0.05) is 40.2 Å². The van der Waals surface area contributed by atoms with E-state index in [4.69, 9.17) is 9.84 Å². The molecule has 1 saturated carbocycles. The van der Waals surface area contributed by atoms with Crippen molar-refractivity contribution in [2.24, 2.45) is 0 Å². The van der Waals surface area contributed by atoms with Gasteiger partial charge in [-0.15, -0.1) is 0 Å². The number of rotatable bonds is 3. The van der Waals surface area contributed by atoms with Crippen LogP contribution in [0.4, 0.5) is 0 Å². The molecule has 4 heteroatoms. The highest BCUT2D eigenvalue weighted by molar-refractivity contribution is 5.97. The topological polar surface area (TPSA) is 63.6 Å². The third-order valence-electron chi connectivity index (χ3n) is 3.58. The number of carboxylic acids is 1. The lowest BCUT2D eigenvalue weighted by atomic mass is 9.77. The Balaban J connectivity index is 0.00000102. The molecule has 1 aromatic rings. The largest absolute Gasteiger partial charge is 0.478 e. The van der Waals surface area contributed by atoms with E-state index in [9.17, 15) is 9.59 Å². The zero-order valence-corrected chi connectivity index (χ0v) is 14.5. The molecule has 22 heavy (non-hydrogen) atoms. The Morgan fingerprint density at radius 1 is 1.09 bits per heavy atom. The van der Waals surface area contributed by atoms with Crippen LogP contribution in [0, 0.1) is 6.92 Å². The molecule has 0 aromatic heterocycles. The van der Waals surface area contributed by atoms with E-state index < -0.39 is 11.9 Å².